The van der Waals surface area contributed by atoms with Crippen LogP contribution >= 0.6 is 11.6 Å². The second-order valence-electron chi connectivity index (χ2n) is 11.2. The summed E-state index contributed by atoms with van der Waals surface area (Å²) in [7, 11) is 0. The van der Waals surface area contributed by atoms with Gasteiger partial charge in [0.15, 0.2) is 0 Å². The number of anilines is 1. The first-order valence-electron chi connectivity index (χ1n) is 11.3. The summed E-state index contributed by atoms with van der Waals surface area (Å²) in [5, 5.41) is 4.39. The molecule has 4 aliphatic carbocycles. The number of amides is 1. The Hall–Kier alpha value is -1.42. The van der Waals surface area contributed by atoms with Gasteiger partial charge in [-0.25, -0.2) is 4.79 Å². The van der Waals surface area contributed by atoms with Gasteiger partial charge in [-0.2, -0.15) is 0 Å². The SMILES string of the molecule is CC(C)(C)OC(=O)N1CCC(Nc2ccc(C34CC5CC6CC(C3)C654)cc2Cl)C1. The molecule has 156 valence electrons. The molecule has 3 unspecified atom stereocenters. The summed E-state index contributed by atoms with van der Waals surface area (Å²) in [6.07, 6.45) is 6.43. The van der Waals surface area contributed by atoms with Gasteiger partial charge in [0.2, 0.25) is 0 Å². The van der Waals surface area contributed by atoms with Gasteiger partial charge in [-0.1, -0.05) is 17.7 Å². The topological polar surface area (TPSA) is 41.6 Å². The number of halogens is 1. The van der Waals surface area contributed by atoms with Crippen molar-refractivity contribution in [1.29, 1.82) is 0 Å². The Morgan fingerprint density at radius 2 is 1.93 bits per heavy atom. The highest BCUT2D eigenvalue weighted by atomic mass is 35.5. The van der Waals surface area contributed by atoms with E-state index in [4.69, 9.17) is 16.3 Å². The van der Waals surface area contributed by atoms with Crippen molar-refractivity contribution in [3.05, 3.63) is 28.8 Å². The standard InChI is InChI=1S/C24H31ClN2O2/c1-22(2,3)29-21(28)27-7-6-18(13-27)26-20-5-4-14(10-19(20)25)23-11-16-8-15-9-17(12-23)24(15,16)23/h4-5,10,15-18,26H,6-9,11-13H2,1-3H3. The Labute approximate surface area is 178 Å². The van der Waals surface area contributed by atoms with Crippen LogP contribution in [0.25, 0.3) is 0 Å². The van der Waals surface area contributed by atoms with Gasteiger partial charge >= 0.3 is 6.09 Å². The molecule has 1 amide bonds. The molecule has 3 atom stereocenters. The zero-order valence-electron chi connectivity index (χ0n) is 17.6. The van der Waals surface area contributed by atoms with E-state index in [2.05, 4.69) is 23.5 Å². The Morgan fingerprint density at radius 1 is 1.21 bits per heavy atom. The normalized spacial score (nSPS) is 41.2. The molecule has 1 spiro atoms. The number of hydrogen-bond acceptors (Lipinski definition) is 3. The first-order chi connectivity index (χ1) is 13.7. The smallest absolute Gasteiger partial charge is 0.410 e. The second-order valence-corrected chi connectivity index (χ2v) is 11.6. The largest absolute Gasteiger partial charge is 0.444 e. The lowest BCUT2D eigenvalue weighted by molar-refractivity contribution is -0.395. The van der Waals surface area contributed by atoms with Gasteiger partial charge in [-0.15, -0.1) is 0 Å². The summed E-state index contributed by atoms with van der Waals surface area (Å²) in [6.45, 7) is 7.09. The molecule has 5 fully saturated rings. The van der Waals surface area contributed by atoms with Crippen molar-refractivity contribution in [3.8, 4) is 0 Å². The van der Waals surface area contributed by atoms with Gasteiger partial charge in [-0.05, 0) is 93.7 Å². The maximum Gasteiger partial charge on any atom is 0.410 e. The van der Waals surface area contributed by atoms with E-state index >= 15 is 0 Å². The molecule has 6 rings (SSSR count). The highest BCUT2D eigenvalue weighted by molar-refractivity contribution is 6.33. The zero-order valence-corrected chi connectivity index (χ0v) is 18.4. The minimum absolute atomic E-state index is 0.214. The number of hydrogen-bond donors (Lipinski definition) is 1. The van der Waals surface area contributed by atoms with Crippen LogP contribution in [0.5, 0.6) is 0 Å². The van der Waals surface area contributed by atoms with Crippen LogP contribution in [0, 0.1) is 23.2 Å². The van der Waals surface area contributed by atoms with Crippen LogP contribution in [0.15, 0.2) is 18.2 Å². The highest BCUT2D eigenvalue weighted by Crippen LogP contribution is 2.92. The monoisotopic (exact) mass is 414 g/mol. The molecule has 0 aromatic heterocycles. The molecule has 1 aliphatic heterocycles. The molecule has 4 saturated carbocycles. The molecule has 0 radical (unpaired) electrons. The summed E-state index contributed by atoms with van der Waals surface area (Å²) in [4.78, 5) is 14.1. The molecule has 1 aromatic rings. The molecule has 29 heavy (non-hydrogen) atoms. The van der Waals surface area contributed by atoms with E-state index in [1.807, 2.05) is 20.8 Å². The number of rotatable bonds is 3. The lowest BCUT2D eigenvalue weighted by Crippen LogP contribution is -2.87. The molecule has 1 aromatic carbocycles. The highest BCUT2D eigenvalue weighted by Gasteiger charge is 2.87. The van der Waals surface area contributed by atoms with Crippen molar-refractivity contribution in [2.45, 2.75) is 69.9 Å². The van der Waals surface area contributed by atoms with E-state index in [1.54, 1.807) is 4.90 Å². The van der Waals surface area contributed by atoms with Gasteiger partial charge < -0.3 is 15.0 Å². The van der Waals surface area contributed by atoms with Gasteiger partial charge in [-0.3, -0.25) is 0 Å². The number of likely N-dealkylation sites (tertiary alicyclic amines) is 1. The fraction of sp³-hybridized carbons (Fsp3) is 0.708. The van der Waals surface area contributed by atoms with Crippen molar-refractivity contribution in [1.82, 2.24) is 4.90 Å². The maximum absolute atomic E-state index is 12.3. The third-order valence-electron chi connectivity index (χ3n) is 8.90. The van der Waals surface area contributed by atoms with E-state index in [9.17, 15) is 4.79 Å². The molecular formula is C24H31ClN2O2. The number of ether oxygens (including phenoxy) is 1. The van der Waals surface area contributed by atoms with Gasteiger partial charge in [0, 0.05) is 24.5 Å². The van der Waals surface area contributed by atoms with E-state index in [-0.39, 0.29) is 12.1 Å². The lowest BCUT2D eigenvalue weighted by Gasteiger charge is -2.91. The summed E-state index contributed by atoms with van der Waals surface area (Å²) in [5.41, 5.74) is 3.15. The van der Waals surface area contributed by atoms with Crippen molar-refractivity contribution in [2.75, 3.05) is 18.4 Å². The maximum atomic E-state index is 12.3. The van der Waals surface area contributed by atoms with Crippen molar-refractivity contribution < 1.29 is 9.53 Å². The van der Waals surface area contributed by atoms with Crippen LogP contribution in [-0.4, -0.2) is 35.7 Å². The van der Waals surface area contributed by atoms with Crippen LogP contribution in [0.2, 0.25) is 5.02 Å². The third kappa shape index (κ3) is 2.24. The Balaban J connectivity index is 1.12. The predicted octanol–water partition coefficient (Wildman–Crippen LogP) is 5.45. The van der Waals surface area contributed by atoms with Gasteiger partial charge in [0.25, 0.3) is 0 Å². The van der Waals surface area contributed by atoms with Crippen LogP contribution in [-0.2, 0) is 10.2 Å². The molecule has 1 N–H and O–H groups in total. The van der Waals surface area contributed by atoms with Gasteiger partial charge in [0.1, 0.15) is 5.60 Å². The summed E-state index contributed by atoms with van der Waals surface area (Å²) in [5.74, 6) is 3.02. The van der Waals surface area contributed by atoms with Crippen molar-refractivity contribution in [3.63, 3.8) is 0 Å². The first-order valence-corrected chi connectivity index (χ1v) is 11.7. The predicted molar refractivity (Wildman–Crippen MR) is 114 cm³/mol. The fourth-order valence-corrected chi connectivity index (χ4v) is 8.18. The quantitative estimate of drug-likeness (QED) is 0.715. The van der Waals surface area contributed by atoms with Crippen LogP contribution in [0.4, 0.5) is 10.5 Å². The number of benzene rings is 1. The van der Waals surface area contributed by atoms with Gasteiger partial charge in [0.05, 0.1) is 10.7 Å². The minimum atomic E-state index is -0.457. The Bertz CT molecular complexity index is 866. The number of nitrogens with zero attached hydrogens (tertiary/aromatic N) is 1. The van der Waals surface area contributed by atoms with Crippen LogP contribution < -0.4 is 5.32 Å². The summed E-state index contributed by atoms with van der Waals surface area (Å²) >= 11 is 6.73. The van der Waals surface area contributed by atoms with Crippen LogP contribution in [0.1, 0.15) is 58.4 Å². The lowest BCUT2D eigenvalue weighted by atomic mass is 9.12. The number of nitrogens with one attached hydrogen (secondary N) is 1. The molecular weight excluding hydrogens is 384 g/mol. The molecule has 0 bridgehead atoms. The molecule has 1 saturated heterocycles. The van der Waals surface area contributed by atoms with Crippen molar-refractivity contribution in [2.24, 2.45) is 23.2 Å². The molecule has 1 heterocycles. The van der Waals surface area contributed by atoms with E-state index in [1.165, 1.54) is 31.2 Å². The van der Waals surface area contributed by atoms with E-state index in [0.717, 1.165) is 41.4 Å². The minimum Gasteiger partial charge on any atom is -0.444 e. The number of carbonyl (C=O) groups excluding carboxylic acids is 1. The Kier molecular flexibility index (Phi) is 3.56. The Morgan fingerprint density at radius 3 is 2.52 bits per heavy atom. The zero-order chi connectivity index (χ0) is 20.2. The summed E-state index contributed by atoms with van der Waals surface area (Å²) in [6, 6.07) is 6.95. The fourth-order valence-electron chi connectivity index (χ4n) is 7.94. The summed E-state index contributed by atoms with van der Waals surface area (Å²) < 4.78 is 5.50. The first kappa shape index (κ1) is 18.4. The second kappa shape index (κ2) is 5.63. The molecule has 5 aliphatic rings. The van der Waals surface area contributed by atoms with E-state index < -0.39 is 5.60 Å². The molecule has 4 nitrogen and oxygen atoms in total. The average Bonchev–Trinajstić information content (AvgIpc) is 3.02. The third-order valence-corrected chi connectivity index (χ3v) is 9.22. The van der Waals surface area contributed by atoms with E-state index in [0.29, 0.717) is 17.4 Å². The van der Waals surface area contributed by atoms with Crippen molar-refractivity contribution >= 4 is 23.4 Å². The number of carbonyl (C=O) groups is 1. The molecule has 5 heteroatoms. The average molecular weight is 415 g/mol. The van der Waals surface area contributed by atoms with Crippen LogP contribution in [0.3, 0.4) is 0 Å².